The minimum Gasteiger partial charge on any atom is -0.508 e. The number of benzene rings is 1. The molecule has 2 atom stereocenters. The molecule has 24 heavy (non-hydrogen) atoms. The maximum absolute atomic E-state index is 10.7. The van der Waals surface area contributed by atoms with E-state index >= 15 is 0 Å². The van der Waals surface area contributed by atoms with E-state index in [2.05, 4.69) is 39.8 Å². The first-order valence-electron chi connectivity index (χ1n) is 9.80. The second-order valence-corrected chi connectivity index (χ2v) is 8.74. The van der Waals surface area contributed by atoms with E-state index in [1.54, 1.807) is 0 Å². The standard InChI is InChI=1S/C22H36O2/c1-5-6-7-8-13-21(2,3)17-11-12-19(20(24)15-17)22(4)14-9-10-18(23)16-22/h11-12,15,18,23-24H,5-10,13-14,16H2,1-4H3. The SMILES string of the molecule is CCCCCCC(C)(C)c1ccc(C2(C)CCCC(O)C2)c(O)c1. The summed E-state index contributed by atoms with van der Waals surface area (Å²) in [4.78, 5) is 0. The number of unbranched alkanes of at least 4 members (excludes halogenated alkanes) is 3. The van der Waals surface area contributed by atoms with Gasteiger partial charge in [0.05, 0.1) is 6.10 Å². The topological polar surface area (TPSA) is 40.5 Å². The number of rotatable bonds is 7. The average Bonchev–Trinajstić information content (AvgIpc) is 2.51. The van der Waals surface area contributed by atoms with Crippen LogP contribution in [0.5, 0.6) is 5.75 Å². The van der Waals surface area contributed by atoms with E-state index in [4.69, 9.17) is 0 Å². The predicted octanol–water partition coefficient (Wildman–Crippen LogP) is 5.83. The van der Waals surface area contributed by atoms with E-state index in [1.165, 1.54) is 31.2 Å². The third-order valence-corrected chi connectivity index (χ3v) is 6.04. The summed E-state index contributed by atoms with van der Waals surface area (Å²) >= 11 is 0. The van der Waals surface area contributed by atoms with Crippen molar-refractivity contribution >= 4 is 0 Å². The van der Waals surface area contributed by atoms with E-state index in [0.717, 1.165) is 37.7 Å². The van der Waals surface area contributed by atoms with Crippen molar-refractivity contribution in [2.75, 3.05) is 0 Å². The first-order chi connectivity index (χ1) is 11.3. The molecule has 0 aromatic heterocycles. The zero-order valence-corrected chi connectivity index (χ0v) is 16.1. The molecule has 1 aromatic rings. The highest BCUT2D eigenvalue weighted by atomic mass is 16.3. The van der Waals surface area contributed by atoms with Crippen LogP contribution in [0.15, 0.2) is 18.2 Å². The number of hydrogen-bond donors (Lipinski definition) is 2. The number of phenolic OH excluding ortho intramolecular Hbond substituents is 1. The van der Waals surface area contributed by atoms with Crippen LogP contribution in [0.4, 0.5) is 0 Å². The molecule has 1 aliphatic carbocycles. The Labute approximate surface area is 148 Å². The van der Waals surface area contributed by atoms with Crippen LogP contribution in [0.3, 0.4) is 0 Å². The monoisotopic (exact) mass is 332 g/mol. The summed E-state index contributed by atoms with van der Waals surface area (Å²) in [5, 5.41) is 20.7. The molecule has 2 rings (SSSR count). The highest BCUT2D eigenvalue weighted by Crippen LogP contribution is 2.44. The number of aromatic hydroxyl groups is 1. The highest BCUT2D eigenvalue weighted by Gasteiger charge is 2.35. The normalized spacial score (nSPS) is 25.0. The van der Waals surface area contributed by atoms with Gasteiger partial charge in [-0.3, -0.25) is 0 Å². The molecule has 1 fully saturated rings. The summed E-state index contributed by atoms with van der Waals surface area (Å²) < 4.78 is 0. The van der Waals surface area contributed by atoms with Gasteiger partial charge in [-0.05, 0) is 53.7 Å². The van der Waals surface area contributed by atoms with E-state index in [0.29, 0.717) is 5.75 Å². The van der Waals surface area contributed by atoms with Crippen molar-refractivity contribution in [1.82, 2.24) is 0 Å². The van der Waals surface area contributed by atoms with Crippen LogP contribution < -0.4 is 0 Å². The zero-order valence-electron chi connectivity index (χ0n) is 16.1. The van der Waals surface area contributed by atoms with Gasteiger partial charge < -0.3 is 10.2 Å². The Balaban J connectivity index is 2.14. The molecule has 136 valence electrons. The first-order valence-corrected chi connectivity index (χ1v) is 9.80. The maximum atomic E-state index is 10.7. The number of hydrogen-bond acceptors (Lipinski definition) is 2. The molecule has 0 aliphatic heterocycles. The van der Waals surface area contributed by atoms with Crippen LogP contribution >= 0.6 is 0 Å². The van der Waals surface area contributed by atoms with Crippen LogP contribution in [0.1, 0.15) is 96.6 Å². The average molecular weight is 333 g/mol. The van der Waals surface area contributed by atoms with E-state index in [1.807, 2.05) is 6.07 Å². The molecule has 2 unspecified atom stereocenters. The van der Waals surface area contributed by atoms with Crippen molar-refractivity contribution in [1.29, 1.82) is 0 Å². The van der Waals surface area contributed by atoms with Crippen molar-refractivity contribution in [2.24, 2.45) is 0 Å². The fourth-order valence-corrected chi connectivity index (χ4v) is 4.30. The molecular weight excluding hydrogens is 296 g/mol. The van der Waals surface area contributed by atoms with Gasteiger partial charge in [0.25, 0.3) is 0 Å². The van der Waals surface area contributed by atoms with Gasteiger partial charge in [0, 0.05) is 0 Å². The molecule has 1 aromatic carbocycles. The van der Waals surface area contributed by atoms with Gasteiger partial charge in [-0.1, -0.05) is 71.9 Å². The Hall–Kier alpha value is -1.02. The third kappa shape index (κ3) is 4.53. The molecule has 0 saturated heterocycles. The number of phenols is 1. The van der Waals surface area contributed by atoms with Crippen LogP contribution in [0.2, 0.25) is 0 Å². The Morgan fingerprint density at radius 2 is 1.96 bits per heavy atom. The lowest BCUT2D eigenvalue weighted by Gasteiger charge is -2.37. The predicted molar refractivity (Wildman–Crippen MR) is 102 cm³/mol. The Bertz CT molecular complexity index is 535. The Morgan fingerprint density at radius 1 is 1.21 bits per heavy atom. The fraction of sp³-hybridized carbons (Fsp3) is 0.727. The summed E-state index contributed by atoms with van der Waals surface area (Å²) in [5.41, 5.74) is 2.22. The molecule has 0 heterocycles. The molecule has 1 saturated carbocycles. The van der Waals surface area contributed by atoms with Gasteiger partial charge in [-0.15, -0.1) is 0 Å². The number of aliphatic hydroxyl groups excluding tert-OH is 1. The van der Waals surface area contributed by atoms with Gasteiger partial charge in [0.2, 0.25) is 0 Å². The van der Waals surface area contributed by atoms with E-state index in [-0.39, 0.29) is 16.9 Å². The van der Waals surface area contributed by atoms with Crippen LogP contribution in [-0.4, -0.2) is 16.3 Å². The smallest absolute Gasteiger partial charge is 0.119 e. The number of aliphatic hydroxyl groups is 1. The van der Waals surface area contributed by atoms with Gasteiger partial charge in [-0.2, -0.15) is 0 Å². The lowest BCUT2D eigenvalue weighted by molar-refractivity contribution is 0.0900. The van der Waals surface area contributed by atoms with Crippen molar-refractivity contribution in [3.63, 3.8) is 0 Å². The summed E-state index contributed by atoms with van der Waals surface area (Å²) in [5.74, 6) is 0.408. The van der Waals surface area contributed by atoms with Crippen molar-refractivity contribution in [3.05, 3.63) is 29.3 Å². The van der Waals surface area contributed by atoms with Crippen LogP contribution in [0.25, 0.3) is 0 Å². The van der Waals surface area contributed by atoms with E-state index in [9.17, 15) is 10.2 Å². The largest absolute Gasteiger partial charge is 0.508 e. The quantitative estimate of drug-likeness (QED) is 0.616. The summed E-state index contributed by atoms with van der Waals surface area (Å²) in [7, 11) is 0. The summed E-state index contributed by atoms with van der Waals surface area (Å²) in [6, 6.07) is 6.28. The second kappa shape index (κ2) is 7.91. The van der Waals surface area contributed by atoms with Crippen LogP contribution in [0, 0.1) is 0 Å². The third-order valence-electron chi connectivity index (χ3n) is 6.04. The van der Waals surface area contributed by atoms with E-state index < -0.39 is 0 Å². The molecule has 2 heteroatoms. The molecule has 0 spiro atoms. The Kier molecular flexibility index (Phi) is 6.36. The molecule has 2 N–H and O–H groups in total. The molecule has 0 bridgehead atoms. The summed E-state index contributed by atoms with van der Waals surface area (Å²) in [6.45, 7) is 8.98. The van der Waals surface area contributed by atoms with Gasteiger partial charge in [0.1, 0.15) is 5.75 Å². The lowest BCUT2D eigenvalue weighted by atomic mass is 9.69. The van der Waals surface area contributed by atoms with Gasteiger partial charge >= 0.3 is 0 Å². The van der Waals surface area contributed by atoms with Gasteiger partial charge in [-0.25, -0.2) is 0 Å². The lowest BCUT2D eigenvalue weighted by Crippen LogP contribution is -2.32. The van der Waals surface area contributed by atoms with Crippen molar-refractivity contribution in [3.8, 4) is 5.75 Å². The molecular formula is C22H36O2. The molecule has 0 amide bonds. The van der Waals surface area contributed by atoms with Crippen LogP contribution in [-0.2, 0) is 10.8 Å². The molecule has 0 radical (unpaired) electrons. The molecule has 1 aliphatic rings. The minimum atomic E-state index is -0.238. The zero-order chi connectivity index (χ0) is 17.8. The maximum Gasteiger partial charge on any atom is 0.119 e. The fourth-order valence-electron chi connectivity index (χ4n) is 4.30. The van der Waals surface area contributed by atoms with Gasteiger partial charge in [0.15, 0.2) is 0 Å². The highest BCUT2D eigenvalue weighted by molar-refractivity contribution is 5.43. The first kappa shape index (κ1) is 19.3. The van der Waals surface area contributed by atoms with Crippen molar-refractivity contribution in [2.45, 2.75) is 102 Å². The Morgan fingerprint density at radius 3 is 2.58 bits per heavy atom. The second-order valence-electron chi connectivity index (χ2n) is 8.74. The summed E-state index contributed by atoms with van der Waals surface area (Å²) in [6.07, 6.45) is 9.73. The minimum absolute atomic E-state index is 0.0940. The van der Waals surface area contributed by atoms with Crippen molar-refractivity contribution < 1.29 is 10.2 Å². The molecule has 2 nitrogen and oxygen atoms in total.